The summed E-state index contributed by atoms with van der Waals surface area (Å²) < 4.78 is 17.8. The van der Waals surface area contributed by atoms with E-state index in [1.807, 2.05) is 24.3 Å². The molecule has 28 heavy (non-hydrogen) atoms. The van der Waals surface area contributed by atoms with Crippen molar-refractivity contribution in [2.75, 3.05) is 34.5 Å². The first kappa shape index (κ1) is 19.7. The van der Waals surface area contributed by atoms with Crippen molar-refractivity contribution in [3.63, 3.8) is 0 Å². The predicted molar refractivity (Wildman–Crippen MR) is 107 cm³/mol. The third kappa shape index (κ3) is 4.26. The van der Waals surface area contributed by atoms with Crippen molar-refractivity contribution in [2.45, 2.75) is 13.0 Å². The Morgan fingerprint density at radius 2 is 1.86 bits per heavy atom. The molecule has 0 aliphatic rings. The Balaban J connectivity index is 1.68. The summed E-state index contributed by atoms with van der Waals surface area (Å²) in [5, 5.41) is 2.94. The van der Waals surface area contributed by atoms with E-state index in [1.165, 1.54) is 0 Å². The lowest BCUT2D eigenvalue weighted by Gasteiger charge is -2.11. The monoisotopic (exact) mass is 383 g/mol. The van der Waals surface area contributed by atoms with Crippen LogP contribution in [0.5, 0.6) is 11.5 Å². The van der Waals surface area contributed by atoms with E-state index in [0.29, 0.717) is 36.6 Å². The maximum Gasteiger partial charge on any atom is 0.251 e. The molecule has 148 valence electrons. The summed E-state index contributed by atoms with van der Waals surface area (Å²) >= 11 is 0. The van der Waals surface area contributed by atoms with E-state index in [1.54, 1.807) is 39.5 Å². The van der Waals surface area contributed by atoms with Gasteiger partial charge in [-0.2, -0.15) is 0 Å². The number of amides is 1. The number of nitrogens with zero attached hydrogens (tertiary/aromatic N) is 2. The van der Waals surface area contributed by atoms with Gasteiger partial charge in [-0.1, -0.05) is 12.1 Å². The van der Waals surface area contributed by atoms with Gasteiger partial charge in [0.25, 0.3) is 5.91 Å². The van der Waals surface area contributed by atoms with Crippen molar-refractivity contribution in [1.29, 1.82) is 0 Å². The number of hydrogen-bond acceptors (Lipinski definition) is 5. The molecule has 7 nitrogen and oxygen atoms in total. The zero-order chi connectivity index (χ0) is 19.9. The summed E-state index contributed by atoms with van der Waals surface area (Å²) in [6.07, 6.45) is 0.622. The highest BCUT2D eigenvalue weighted by Crippen LogP contribution is 2.27. The molecule has 0 spiro atoms. The van der Waals surface area contributed by atoms with E-state index in [2.05, 4.69) is 9.88 Å². The van der Waals surface area contributed by atoms with Crippen molar-refractivity contribution in [1.82, 2.24) is 14.9 Å². The first-order valence-corrected chi connectivity index (χ1v) is 9.11. The summed E-state index contributed by atoms with van der Waals surface area (Å²) in [5.41, 5.74) is 2.53. The molecule has 1 N–H and O–H groups in total. The molecule has 1 amide bonds. The molecular weight excluding hydrogens is 358 g/mol. The first-order chi connectivity index (χ1) is 13.7. The molecule has 7 heteroatoms. The highest BCUT2D eigenvalue weighted by Gasteiger charge is 2.13. The lowest BCUT2D eigenvalue weighted by molar-refractivity contribution is 0.0953. The zero-order valence-electron chi connectivity index (χ0n) is 16.4. The first-order valence-electron chi connectivity index (χ1n) is 9.11. The summed E-state index contributed by atoms with van der Waals surface area (Å²) in [7, 11) is 4.79. The van der Waals surface area contributed by atoms with Crippen molar-refractivity contribution in [2.24, 2.45) is 0 Å². The second-order valence-electron chi connectivity index (χ2n) is 6.24. The second kappa shape index (κ2) is 9.23. The van der Waals surface area contributed by atoms with E-state index >= 15 is 0 Å². The lowest BCUT2D eigenvalue weighted by Crippen LogP contribution is -2.26. The number of rotatable bonds is 9. The summed E-state index contributed by atoms with van der Waals surface area (Å²) in [6.45, 7) is 1.80. The molecule has 2 aromatic carbocycles. The Morgan fingerprint density at radius 3 is 2.61 bits per heavy atom. The van der Waals surface area contributed by atoms with E-state index in [9.17, 15) is 4.79 Å². The Kier molecular flexibility index (Phi) is 6.49. The van der Waals surface area contributed by atoms with Gasteiger partial charge in [-0.05, 0) is 30.3 Å². The molecule has 0 unspecified atom stereocenters. The molecule has 0 aliphatic carbocycles. The molecule has 3 aromatic rings. The molecular formula is C21H25N3O4. The fourth-order valence-corrected chi connectivity index (χ4v) is 3.12. The average molecular weight is 383 g/mol. The average Bonchev–Trinajstić information content (AvgIpc) is 3.08. The number of carbonyl (C=O) groups excluding carboxylic acids is 1. The summed E-state index contributed by atoms with van der Waals surface area (Å²) in [5.74, 6) is 1.87. The van der Waals surface area contributed by atoms with E-state index in [0.717, 1.165) is 23.4 Å². The number of carbonyl (C=O) groups is 1. The van der Waals surface area contributed by atoms with Crippen molar-refractivity contribution in [3.05, 3.63) is 53.9 Å². The molecule has 3 rings (SSSR count). The van der Waals surface area contributed by atoms with Crippen LogP contribution in [0.2, 0.25) is 0 Å². The Morgan fingerprint density at radius 1 is 1.07 bits per heavy atom. The van der Waals surface area contributed by atoms with Crippen molar-refractivity contribution >= 4 is 16.9 Å². The third-order valence-electron chi connectivity index (χ3n) is 4.53. The lowest BCUT2D eigenvalue weighted by atomic mass is 10.2. The summed E-state index contributed by atoms with van der Waals surface area (Å²) in [6, 6.07) is 13.1. The fraction of sp³-hybridized carbons (Fsp3) is 0.333. The molecule has 1 aromatic heterocycles. The molecule has 0 aliphatic heterocycles. The Hall–Kier alpha value is -3.06. The number of nitrogens with one attached hydrogen (secondary N) is 1. The number of para-hydroxylation sites is 2. The van der Waals surface area contributed by atoms with Crippen LogP contribution in [0.1, 0.15) is 16.2 Å². The van der Waals surface area contributed by atoms with Crippen LogP contribution in [0.3, 0.4) is 0 Å². The molecule has 0 atom stereocenters. The van der Waals surface area contributed by atoms with Gasteiger partial charge < -0.3 is 24.1 Å². The van der Waals surface area contributed by atoms with E-state index in [4.69, 9.17) is 19.2 Å². The van der Waals surface area contributed by atoms with Crippen LogP contribution in [-0.4, -0.2) is 49.9 Å². The number of aromatic nitrogens is 2. The van der Waals surface area contributed by atoms with Crippen molar-refractivity contribution in [3.8, 4) is 11.5 Å². The number of methoxy groups -OCH3 is 3. The minimum Gasteiger partial charge on any atom is -0.493 e. The minimum absolute atomic E-state index is 0.166. The van der Waals surface area contributed by atoms with Gasteiger partial charge in [-0.3, -0.25) is 4.79 Å². The number of hydrogen-bond donors (Lipinski definition) is 1. The fourth-order valence-electron chi connectivity index (χ4n) is 3.12. The van der Waals surface area contributed by atoms with Crippen LogP contribution in [0.25, 0.3) is 11.0 Å². The predicted octanol–water partition coefficient (Wildman–Crippen LogP) is 2.67. The molecule has 1 heterocycles. The standard InChI is InChI=1S/C21H25N3O4/c1-26-13-12-24-17-7-5-4-6-16(17)23-20(24)10-11-22-21(25)15-8-9-18(27-2)19(14-15)28-3/h4-9,14H,10-13H2,1-3H3,(H,22,25). The Labute approximate surface area is 164 Å². The van der Waals surface area contributed by atoms with Crippen LogP contribution in [0, 0.1) is 0 Å². The maximum absolute atomic E-state index is 12.5. The van der Waals surface area contributed by atoms with Crippen LogP contribution in [-0.2, 0) is 17.7 Å². The zero-order valence-corrected chi connectivity index (χ0v) is 16.4. The SMILES string of the molecule is COCCn1c(CCNC(=O)c2ccc(OC)c(OC)c2)nc2ccccc21. The van der Waals surface area contributed by atoms with Crippen LogP contribution in [0.4, 0.5) is 0 Å². The quantitative estimate of drug-likeness (QED) is 0.615. The highest BCUT2D eigenvalue weighted by molar-refractivity contribution is 5.94. The number of benzene rings is 2. The van der Waals surface area contributed by atoms with E-state index in [-0.39, 0.29) is 5.91 Å². The highest BCUT2D eigenvalue weighted by atomic mass is 16.5. The molecule has 0 saturated carbocycles. The maximum atomic E-state index is 12.5. The van der Waals surface area contributed by atoms with Crippen LogP contribution >= 0.6 is 0 Å². The third-order valence-corrected chi connectivity index (χ3v) is 4.53. The van der Waals surface area contributed by atoms with Gasteiger partial charge in [0.2, 0.25) is 0 Å². The normalized spacial score (nSPS) is 10.8. The van der Waals surface area contributed by atoms with E-state index < -0.39 is 0 Å². The van der Waals surface area contributed by atoms with Crippen LogP contribution < -0.4 is 14.8 Å². The summed E-state index contributed by atoms with van der Waals surface area (Å²) in [4.78, 5) is 17.2. The van der Waals surface area contributed by atoms with Gasteiger partial charge in [-0.25, -0.2) is 4.98 Å². The van der Waals surface area contributed by atoms with Gasteiger partial charge in [0, 0.05) is 32.2 Å². The second-order valence-corrected chi connectivity index (χ2v) is 6.24. The number of ether oxygens (including phenoxy) is 3. The van der Waals surface area contributed by atoms with Crippen molar-refractivity contribution < 1.29 is 19.0 Å². The number of imidazole rings is 1. The molecule has 0 fully saturated rings. The van der Waals surface area contributed by atoms with Gasteiger partial charge in [-0.15, -0.1) is 0 Å². The molecule has 0 saturated heterocycles. The smallest absolute Gasteiger partial charge is 0.251 e. The van der Waals surface area contributed by atoms with Gasteiger partial charge in [0.05, 0.1) is 31.9 Å². The van der Waals surface area contributed by atoms with Gasteiger partial charge >= 0.3 is 0 Å². The minimum atomic E-state index is -0.166. The molecule has 0 bridgehead atoms. The Bertz CT molecular complexity index is 952. The number of fused-ring (bicyclic) bond motifs is 1. The van der Waals surface area contributed by atoms with Gasteiger partial charge in [0.1, 0.15) is 5.82 Å². The van der Waals surface area contributed by atoms with Crippen LogP contribution in [0.15, 0.2) is 42.5 Å². The van der Waals surface area contributed by atoms with Gasteiger partial charge in [0.15, 0.2) is 11.5 Å². The molecule has 0 radical (unpaired) electrons. The largest absolute Gasteiger partial charge is 0.493 e. The topological polar surface area (TPSA) is 74.6 Å².